The first kappa shape index (κ1) is 14.0. The standard InChI is InChI=1S/C15H23N3O/c1-10-4-3-5-13(11(10)2)18-15(19)14-7-6-12(8-16)9-17-14/h6-7,9-11,13H,3-5,8,16H2,1-2H3,(H,18,19). The van der Waals surface area contributed by atoms with Crippen LogP contribution in [0.1, 0.15) is 49.2 Å². The zero-order valence-corrected chi connectivity index (χ0v) is 11.7. The molecule has 4 nitrogen and oxygen atoms in total. The third kappa shape index (κ3) is 3.32. The van der Waals surface area contributed by atoms with Crippen LogP contribution in [0, 0.1) is 11.8 Å². The normalized spacial score (nSPS) is 27.0. The molecule has 0 radical (unpaired) electrons. The number of aromatic nitrogens is 1. The number of rotatable bonds is 3. The number of nitrogens with zero attached hydrogens (tertiary/aromatic N) is 1. The summed E-state index contributed by atoms with van der Waals surface area (Å²) in [4.78, 5) is 16.3. The fourth-order valence-electron chi connectivity index (χ4n) is 2.71. The summed E-state index contributed by atoms with van der Waals surface area (Å²) in [5.41, 5.74) is 6.93. The SMILES string of the molecule is CC1CCCC(NC(=O)c2ccc(CN)cn2)C1C. The van der Waals surface area contributed by atoms with Gasteiger partial charge in [0.25, 0.3) is 5.91 Å². The Morgan fingerprint density at radius 2 is 2.21 bits per heavy atom. The molecule has 1 aromatic heterocycles. The first-order chi connectivity index (χ1) is 9.11. The number of hydrogen-bond donors (Lipinski definition) is 2. The molecule has 1 heterocycles. The monoisotopic (exact) mass is 261 g/mol. The molecule has 1 amide bonds. The summed E-state index contributed by atoms with van der Waals surface area (Å²) in [6.07, 6.45) is 5.19. The van der Waals surface area contributed by atoms with E-state index in [0.717, 1.165) is 12.0 Å². The van der Waals surface area contributed by atoms with E-state index in [1.807, 2.05) is 6.07 Å². The van der Waals surface area contributed by atoms with Crippen LogP contribution in [0.2, 0.25) is 0 Å². The van der Waals surface area contributed by atoms with Crippen LogP contribution in [0.25, 0.3) is 0 Å². The molecule has 1 aliphatic carbocycles. The third-order valence-corrected chi connectivity index (χ3v) is 4.32. The summed E-state index contributed by atoms with van der Waals surface area (Å²) in [5, 5.41) is 3.12. The van der Waals surface area contributed by atoms with E-state index in [0.29, 0.717) is 24.1 Å². The predicted molar refractivity (Wildman–Crippen MR) is 75.6 cm³/mol. The Hall–Kier alpha value is -1.42. The van der Waals surface area contributed by atoms with E-state index in [2.05, 4.69) is 24.1 Å². The van der Waals surface area contributed by atoms with Gasteiger partial charge in [-0.05, 0) is 29.9 Å². The van der Waals surface area contributed by atoms with Crippen molar-refractivity contribution in [2.24, 2.45) is 17.6 Å². The molecule has 4 heteroatoms. The Morgan fingerprint density at radius 3 is 2.84 bits per heavy atom. The highest BCUT2D eigenvalue weighted by atomic mass is 16.1. The molecule has 104 valence electrons. The van der Waals surface area contributed by atoms with Crippen LogP contribution in [0.3, 0.4) is 0 Å². The van der Waals surface area contributed by atoms with Gasteiger partial charge in [0.05, 0.1) is 0 Å². The van der Waals surface area contributed by atoms with Crippen LogP contribution >= 0.6 is 0 Å². The van der Waals surface area contributed by atoms with Gasteiger partial charge in [-0.2, -0.15) is 0 Å². The van der Waals surface area contributed by atoms with Crippen molar-refractivity contribution in [1.82, 2.24) is 10.3 Å². The van der Waals surface area contributed by atoms with Gasteiger partial charge in [-0.25, -0.2) is 0 Å². The molecule has 19 heavy (non-hydrogen) atoms. The second-order valence-corrected chi connectivity index (χ2v) is 5.60. The Bertz CT molecular complexity index is 430. The van der Waals surface area contributed by atoms with Gasteiger partial charge in [0.2, 0.25) is 0 Å². The highest BCUT2D eigenvalue weighted by molar-refractivity contribution is 5.92. The first-order valence-electron chi connectivity index (χ1n) is 7.07. The Kier molecular flexibility index (Phi) is 4.53. The van der Waals surface area contributed by atoms with Crippen LogP contribution < -0.4 is 11.1 Å². The quantitative estimate of drug-likeness (QED) is 0.875. The molecule has 0 aromatic carbocycles. The van der Waals surface area contributed by atoms with Gasteiger partial charge in [-0.3, -0.25) is 9.78 Å². The Labute approximate surface area is 114 Å². The van der Waals surface area contributed by atoms with Gasteiger partial charge in [-0.15, -0.1) is 0 Å². The van der Waals surface area contributed by atoms with Crippen molar-refractivity contribution in [3.05, 3.63) is 29.6 Å². The lowest BCUT2D eigenvalue weighted by Gasteiger charge is -2.34. The maximum atomic E-state index is 12.2. The van der Waals surface area contributed by atoms with Crippen LogP contribution in [-0.2, 0) is 6.54 Å². The lowest BCUT2D eigenvalue weighted by atomic mass is 9.78. The number of carbonyl (C=O) groups excluding carboxylic acids is 1. The highest BCUT2D eigenvalue weighted by Gasteiger charge is 2.28. The van der Waals surface area contributed by atoms with Gasteiger partial charge in [0, 0.05) is 18.8 Å². The zero-order chi connectivity index (χ0) is 13.8. The molecule has 3 N–H and O–H groups in total. The molecule has 0 saturated heterocycles. The van der Waals surface area contributed by atoms with E-state index >= 15 is 0 Å². The fourth-order valence-corrected chi connectivity index (χ4v) is 2.71. The minimum Gasteiger partial charge on any atom is -0.348 e. The minimum atomic E-state index is -0.0745. The summed E-state index contributed by atoms with van der Waals surface area (Å²) < 4.78 is 0. The van der Waals surface area contributed by atoms with Gasteiger partial charge < -0.3 is 11.1 Å². The summed E-state index contributed by atoms with van der Waals surface area (Å²) in [6.45, 7) is 4.93. The molecule has 1 fully saturated rings. The molecule has 3 unspecified atom stereocenters. The van der Waals surface area contributed by atoms with E-state index in [-0.39, 0.29) is 11.9 Å². The molecule has 1 saturated carbocycles. The molecule has 1 aromatic rings. The summed E-state index contributed by atoms with van der Waals surface area (Å²) in [5.74, 6) is 1.13. The summed E-state index contributed by atoms with van der Waals surface area (Å²) >= 11 is 0. The number of pyridine rings is 1. The molecule has 0 spiro atoms. The number of hydrogen-bond acceptors (Lipinski definition) is 3. The van der Waals surface area contributed by atoms with Crippen LogP contribution in [-0.4, -0.2) is 16.9 Å². The topological polar surface area (TPSA) is 68.0 Å². The number of amides is 1. The van der Waals surface area contributed by atoms with Crippen molar-refractivity contribution in [3.63, 3.8) is 0 Å². The number of nitrogens with one attached hydrogen (secondary N) is 1. The van der Waals surface area contributed by atoms with E-state index in [4.69, 9.17) is 5.73 Å². The predicted octanol–water partition coefficient (Wildman–Crippen LogP) is 2.09. The second-order valence-electron chi connectivity index (χ2n) is 5.60. The van der Waals surface area contributed by atoms with Gasteiger partial charge >= 0.3 is 0 Å². The maximum Gasteiger partial charge on any atom is 0.270 e. The number of nitrogens with two attached hydrogens (primary N) is 1. The van der Waals surface area contributed by atoms with Crippen LogP contribution in [0.15, 0.2) is 18.3 Å². The molecule has 0 bridgehead atoms. The Morgan fingerprint density at radius 1 is 1.42 bits per heavy atom. The summed E-state index contributed by atoms with van der Waals surface area (Å²) in [6, 6.07) is 3.87. The third-order valence-electron chi connectivity index (χ3n) is 4.32. The minimum absolute atomic E-state index is 0.0745. The van der Waals surface area contributed by atoms with Crippen LogP contribution in [0.5, 0.6) is 0 Å². The van der Waals surface area contributed by atoms with E-state index in [9.17, 15) is 4.79 Å². The van der Waals surface area contributed by atoms with Crippen molar-refractivity contribution in [1.29, 1.82) is 0 Å². The molecule has 2 rings (SSSR count). The van der Waals surface area contributed by atoms with Crippen molar-refractivity contribution < 1.29 is 4.79 Å². The molecular weight excluding hydrogens is 238 g/mol. The smallest absolute Gasteiger partial charge is 0.270 e. The molecule has 3 atom stereocenters. The van der Waals surface area contributed by atoms with Gasteiger partial charge in [-0.1, -0.05) is 32.8 Å². The van der Waals surface area contributed by atoms with Crippen molar-refractivity contribution in [3.8, 4) is 0 Å². The summed E-state index contributed by atoms with van der Waals surface area (Å²) in [7, 11) is 0. The van der Waals surface area contributed by atoms with Gasteiger partial charge in [0.15, 0.2) is 0 Å². The van der Waals surface area contributed by atoms with Crippen LogP contribution in [0.4, 0.5) is 0 Å². The Balaban J connectivity index is 1.99. The second kappa shape index (κ2) is 6.15. The molecule has 0 aliphatic heterocycles. The van der Waals surface area contributed by atoms with E-state index in [1.165, 1.54) is 12.8 Å². The van der Waals surface area contributed by atoms with Gasteiger partial charge in [0.1, 0.15) is 5.69 Å². The van der Waals surface area contributed by atoms with E-state index in [1.54, 1.807) is 12.3 Å². The van der Waals surface area contributed by atoms with Crippen molar-refractivity contribution in [2.45, 2.75) is 45.7 Å². The van der Waals surface area contributed by atoms with Crippen molar-refractivity contribution in [2.75, 3.05) is 0 Å². The maximum absolute atomic E-state index is 12.2. The molecule has 1 aliphatic rings. The highest BCUT2D eigenvalue weighted by Crippen LogP contribution is 2.29. The largest absolute Gasteiger partial charge is 0.348 e. The lowest BCUT2D eigenvalue weighted by Crippen LogP contribution is -2.43. The molecular formula is C15H23N3O. The fraction of sp³-hybridized carbons (Fsp3) is 0.600. The average Bonchev–Trinajstić information content (AvgIpc) is 2.44. The first-order valence-corrected chi connectivity index (χ1v) is 7.07. The number of carbonyl (C=O) groups is 1. The average molecular weight is 261 g/mol. The van der Waals surface area contributed by atoms with E-state index < -0.39 is 0 Å². The zero-order valence-electron chi connectivity index (χ0n) is 11.7. The lowest BCUT2D eigenvalue weighted by molar-refractivity contribution is 0.0886. The van der Waals surface area contributed by atoms with Crippen molar-refractivity contribution >= 4 is 5.91 Å².